The molecule has 0 aromatic heterocycles. The number of hydrogen-bond donors (Lipinski definition) is 1. The van der Waals surface area contributed by atoms with Crippen LogP contribution in [0.25, 0.3) is 0 Å². The van der Waals surface area contributed by atoms with Crippen LogP contribution >= 0.6 is 0 Å². The fraction of sp³-hybridized carbons (Fsp3) is 0.600. The highest BCUT2D eigenvalue weighted by Gasteiger charge is 2.05. The number of anilines is 1. The molecule has 0 spiro atoms. The maximum atomic E-state index is 6.03. The van der Waals surface area contributed by atoms with E-state index in [0.717, 1.165) is 25.8 Å². The molecule has 1 rings (SSSR count). The quantitative estimate of drug-likeness (QED) is 0.785. The first-order valence-corrected chi connectivity index (χ1v) is 6.73. The lowest BCUT2D eigenvalue weighted by molar-refractivity contribution is 0.561. The van der Waals surface area contributed by atoms with E-state index in [9.17, 15) is 0 Å². The molecule has 96 valence electrons. The van der Waals surface area contributed by atoms with E-state index in [2.05, 4.69) is 50.1 Å². The van der Waals surface area contributed by atoms with Gasteiger partial charge in [-0.15, -0.1) is 0 Å². The van der Waals surface area contributed by atoms with Crippen LogP contribution in [0.2, 0.25) is 0 Å². The van der Waals surface area contributed by atoms with Gasteiger partial charge in [-0.05, 0) is 37.0 Å². The van der Waals surface area contributed by atoms with E-state index in [4.69, 9.17) is 5.73 Å². The molecule has 1 atom stereocenters. The van der Waals surface area contributed by atoms with E-state index < -0.39 is 0 Å². The van der Waals surface area contributed by atoms with Crippen molar-refractivity contribution in [1.29, 1.82) is 0 Å². The van der Waals surface area contributed by atoms with Gasteiger partial charge in [0.25, 0.3) is 0 Å². The highest BCUT2D eigenvalue weighted by atomic mass is 15.1. The van der Waals surface area contributed by atoms with Gasteiger partial charge in [0.1, 0.15) is 0 Å². The predicted octanol–water partition coefficient (Wildman–Crippen LogP) is 3.20. The minimum atomic E-state index is 0.345. The molecule has 0 heterocycles. The largest absolute Gasteiger partial charge is 0.375 e. The molecule has 0 bridgehead atoms. The maximum absolute atomic E-state index is 6.03. The number of aryl methyl sites for hydroxylation is 1. The molecule has 1 aromatic rings. The van der Waals surface area contributed by atoms with E-state index in [1.54, 1.807) is 0 Å². The molecular weight excluding hydrogens is 208 g/mol. The Bertz CT molecular complexity index is 305. The fourth-order valence-electron chi connectivity index (χ4n) is 1.99. The van der Waals surface area contributed by atoms with Crippen LogP contribution in [0.1, 0.15) is 38.7 Å². The molecule has 0 saturated carbocycles. The number of benzene rings is 1. The van der Waals surface area contributed by atoms with E-state index >= 15 is 0 Å². The highest BCUT2D eigenvalue weighted by Crippen LogP contribution is 2.15. The zero-order chi connectivity index (χ0) is 12.7. The minimum Gasteiger partial charge on any atom is -0.375 e. The Morgan fingerprint density at radius 3 is 2.29 bits per heavy atom. The van der Waals surface area contributed by atoms with Crippen molar-refractivity contribution in [2.45, 2.75) is 45.6 Å². The van der Waals surface area contributed by atoms with Gasteiger partial charge in [-0.3, -0.25) is 0 Å². The summed E-state index contributed by atoms with van der Waals surface area (Å²) in [4.78, 5) is 2.29. The van der Waals surface area contributed by atoms with Gasteiger partial charge in [0.15, 0.2) is 0 Å². The lowest BCUT2D eigenvalue weighted by Gasteiger charge is -2.21. The number of rotatable bonds is 7. The van der Waals surface area contributed by atoms with Crippen molar-refractivity contribution >= 4 is 5.69 Å². The molecule has 0 radical (unpaired) electrons. The van der Waals surface area contributed by atoms with Gasteiger partial charge in [-0.2, -0.15) is 0 Å². The summed E-state index contributed by atoms with van der Waals surface area (Å²) in [7, 11) is 2.14. The lowest BCUT2D eigenvalue weighted by atomic mass is 10.1. The molecule has 1 unspecified atom stereocenters. The van der Waals surface area contributed by atoms with Crippen LogP contribution in [0, 0.1) is 0 Å². The second kappa shape index (κ2) is 7.33. The summed E-state index contributed by atoms with van der Waals surface area (Å²) >= 11 is 0. The third-order valence-electron chi connectivity index (χ3n) is 3.28. The Morgan fingerprint density at radius 2 is 1.76 bits per heavy atom. The normalized spacial score (nSPS) is 12.5. The van der Waals surface area contributed by atoms with Crippen molar-refractivity contribution in [2.75, 3.05) is 18.5 Å². The summed E-state index contributed by atoms with van der Waals surface area (Å²) in [6.07, 6.45) is 4.48. The van der Waals surface area contributed by atoms with Crippen LogP contribution < -0.4 is 10.6 Å². The maximum Gasteiger partial charge on any atom is 0.0363 e. The van der Waals surface area contributed by atoms with Crippen LogP contribution in [0.3, 0.4) is 0 Å². The average molecular weight is 234 g/mol. The van der Waals surface area contributed by atoms with Crippen LogP contribution in [0.4, 0.5) is 5.69 Å². The molecule has 0 saturated heterocycles. The predicted molar refractivity (Wildman–Crippen MR) is 76.6 cm³/mol. The number of nitrogens with zero attached hydrogens (tertiary/aromatic N) is 1. The van der Waals surface area contributed by atoms with Gasteiger partial charge in [0.2, 0.25) is 0 Å². The third-order valence-corrected chi connectivity index (χ3v) is 3.28. The number of hydrogen-bond acceptors (Lipinski definition) is 2. The molecule has 17 heavy (non-hydrogen) atoms. The Hall–Kier alpha value is -1.02. The molecule has 2 N–H and O–H groups in total. The zero-order valence-electron chi connectivity index (χ0n) is 11.4. The topological polar surface area (TPSA) is 29.3 Å². The summed E-state index contributed by atoms with van der Waals surface area (Å²) in [5.74, 6) is 0. The minimum absolute atomic E-state index is 0.345. The van der Waals surface area contributed by atoms with Gasteiger partial charge in [0.05, 0.1) is 0 Å². The second-order valence-electron chi connectivity index (χ2n) is 4.78. The van der Waals surface area contributed by atoms with Crippen molar-refractivity contribution in [3.63, 3.8) is 0 Å². The molecule has 0 aliphatic rings. The molecule has 2 nitrogen and oxygen atoms in total. The fourth-order valence-corrected chi connectivity index (χ4v) is 1.99. The summed E-state index contributed by atoms with van der Waals surface area (Å²) in [5, 5.41) is 0. The third kappa shape index (κ3) is 4.78. The van der Waals surface area contributed by atoms with E-state index in [1.165, 1.54) is 17.7 Å². The van der Waals surface area contributed by atoms with Crippen LogP contribution in [0.5, 0.6) is 0 Å². The molecule has 2 heteroatoms. The Morgan fingerprint density at radius 1 is 1.12 bits per heavy atom. The lowest BCUT2D eigenvalue weighted by Crippen LogP contribution is -2.27. The van der Waals surface area contributed by atoms with E-state index in [1.807, 2.05) is 0 Å². The molecule has 1 aromatic carbocycles. The first-order valence-electron chi connectivity index (χ1n) is 6.73. The first-order chi connectivity index (χ1) is 8.17. The van der Waals surface area contributed by atoms with Crippen molar-refractivity contribution in [3.8, 4) is 0 Å². The molecular formula is C15H26N2. The molecule has 0 fully saturated rings. The summed E-state index contributed by atoms with van der Waals surface area (Å²) < 4.78 is 0. The first kappa shape index (κ1) is 14.0. The molecule has 0 amide bonds. The summed E-state index contributed by atoms with van der Waals surface area (Å²) in [5.41, 5.74) is 8.71. The smallest absolute Gasteiger partial charge is 0.0363 e. The molecule has 0 aliphatic heterocycles. The van der Waals surface area contributed by atoms with Crippen molar-refractivity contribution < 1.29 is 0 Å². The zero-order valence-corrected chi connectivity index (χ0v) is 11.4. The van der Waals surface area contributed by atoms with Gasteiger partial charge in [-0.1, -0.05) is 32.4 Å². The Labute approximate surface area is 106 Å². The van der Waals surface area contributed by atoms with Gasteiger partial charge >= 0.3 is 0 Å². The van der Waals surface area contributed by atoms with Crippen LogP contribution in [-0.2, 0) is 6.42 Å². The Balaban J connectivity index is 2.43. The van der Waals surface area contributed by atoms with Gasteiger partial charge in [0, 0.05) is 25.3 Å². The monoisotopic (exact) mass is 234 g/mol. The number of nitrogens with two attached hydrogens (primary N) is 1. The van der Waals surface area contributed by atoms with E-state index in [-0.39, 0.29) is 0 Å². The van der Waals surface area contributed by atoms with Gasteiger partial charge < -0.3 is 10.6 Å². The summed E-state index contributed by atoms with van der Waals surface area (Å²) in [6, 6.07) is 9.15. The van der Waals surface area contributed by atoms with E-state index in [0.29, 0.717) is 6.04 Å². The van der Waals surface area contributed by atoms with Gasteiger partial charge in [-0.25, -0.2) is 0 Å². The van der Waals surface area contributed by atoms with Crippen LogP contribution in [0.15, 0.2) is 24.3 Å². The highest BCUT2D eigenvalue weighted by molar-refractivity contribution is 5.46. The van der Waals surface area contributed by atoms with Crippen molar-refractivity contribution in [3.05, 3.63) is 29.8 Å². The van der Waals surface area contributed by atoms with Crippen molar-refractivity contribution in [2.24, 2.45) is 5.73 Å². The second-order valence-corrected chi connectivity index (χ2v) is 4.78. The van der Waals surface area contributed by atoms with Crippen molar-refractivity contribution in [1.82, 2.24) is 0 Å². The standard InChI is InChI=1S/C15H26N2/c1-4-6-14(16)11-12-17(3)15-9-7-13(5-2)8-10-15/h7-10,14H,4-6,11-12,16H2,1-3H3. The Kier molecular flexibility index (Phi) is 6.06. The SMILES string of the molecule is CCCC(N)CCN(C)c1ccc(CC)cc1. The average Bonchev–Trinajstić information content (AvgIpc) is 2.36. The van der Waals surface area contributed by atoms with Crippen LogP contribution in [-0.4, -0.2) is 19.6 Å². The molecule has 0 aliphatic carbocycles. The summed E-state index contributed by atoms with van der Waals surface area (Å²) in [6.45, 7) is 5.40.